The van der Waals surface area contributed by atoms with E-state index in [1.165, 1.54) is 0 Å². The summed E-state index contributed by atoms with van der Waals surface area (Å²) in [6.45, 7) is 5.58. The van der Waals surface area contributed by atoms with Crippen molar-refractivity contribution >= 4 is 16.8 Å². The SMILES string of the molecule is CC(C)c1cc(C(=O)N2CC[C@H](N)C2)c2ccccc2n1. The Labute approximate surface area is 125 Å². The van der Waals surface area contributed by atoms with Crippen molar-refractivity contribution in [2.75, 3.05) is 13.1 Å². The van der Waals surface area contributed by atoms with E-state index in [0.29, 0.717) is 12.5 Å². The van der Waals surface area contributed by atoms with Gasteiger partial charge in [-0.25, -0.2) is 0 Å². The van der Waals surface area contributed by atoms with Crippen LogP contribution in [-0.4, -0.2) is 34.9 Å². The van der Waals surface area contributed by atoms with Crippen LogP contribution in [0.3, 0.4) is 0 Å². The summed E-state index contributed by atoms with van der Waals surface area (Å²) in [5.74, 6) is 0.366. The second-order valence-corrected chi connectivity index (χ2v) is 6.07. The van der Waals surface area contributed by atoms with Gasteiger partial charge in [0.05, 0.1) is 11.1 Å². The molecule has 21 heavy (non-hydrogen) atoms. The highest BCUT2D eigenvalue weighted by Gasteiger charge is 2.26. The standard InChI is InChI=1S/C17H21N3O/c1-11(2)16-9-14(13-5-3-4-6-15(13)19-16)17(21)20-8-7-12(18)10-20/h3-6,9,11-12H,7-8,10,18H2,1-2H3/t12-/m0/s1. The number of nitrogens with two attached hydrogens (primary N) is 1. The monoisotopic (exact) mass is 283 g/mol. The lowest BCUT2D eigenvalue weighted by Gasteiger charge is -2.18. The Balaban J connectivity index is 2.09. The largest absolute Gasteiger partial charge is 0.337 e. The van der Waals surface area contributed by atoms with Crippen molar-refractivity contribution < 1.29 is 4.79 Å². The maximum atomic E-state index is 12.8. The van der Waals surface area contributed by atoms with Gasteiger partial charge in [0.2, 0.25) is 0 Å². The number of hydrogen-bond acceptors (Lipinski definition) is 3. The number of fused-ring (bicyclic) bond motifs is 1. The van der Waals surface area contributed by atoms with E-state index in [1.54, 1.807) is 0 Å². The number of hydrogen-bond donors (Lipinski definition) is 1. The zero-order chi connectivity index (χ0) is 15.0. The van der Waals surface area contributed by atoms with Crippen LogP contribution in [0.5, 0.6) is 0 Å². The van der Waals surface area contributed by atoms with Gasteiger partial charge in [0.15, 0.2) is 0 Å². The molecule has 3 rings (SSSR count). The summed E-state index contributed by atoms with van der Waals surface area (Å²) in [7, 11) is 0. The molecule has 1 aromatic carbocycles. The molecule has 4 nitrogen and oxygen atoms in total. The second kappa shape index (κ2) is 5.45. The Morgan fingerprint density at radius 2 is 2.14 bits per heavy atom. The van der Waals surface area contributed by atoms with Crippen molar-refractivity contribution in [2.24, 2.45) is 5.73 Å². The van der Waals surface area contributed by atoms with Crippen LogP contribution in [0.2, 0.25) is 0 Å². The Bertz CT molecular complexity index is 681. The van der Waals surface area contributed by atoms with E-state index in [1.807, 2.05) is 35.2 Å². The molecule has 1 aromatic heterocycles. The number of likely N-dealkylation sites (tertiary alicyclic amines) is 1. The van der Waals surface area contributed by atoms with Gasteiger partial charge in [0, 0.05) is 30.2 Å². The molecule has 0 spiro atoms. The summed E-state index contributed by atoms with van der Waals surface area (Å²) < 4.78 is 0. The van der Waals surface area contributed by atoms with Crippen LogP contribution in [-0.2, 0) is 0 Å². The summed E-state index contributed by atoms with van der Waals surface area (Å²) in [6, 6.07) is 9.89. The molecule has 2 N–H and O–H groups in total. The topological polar surface area (TPSA) is 59.2 Å². The fraction of sp³-hybridized carbons (Fsp3) is 0.412. The molecule has 1 aliphatic heterocycles. The van der Waals surface area contributed by atoms with Crippen molar-refractivity contribution in [2.45, 2.75) is 32.2 Å². The van der Waals surface area contributed by atoms with E-state index in [-0.39, 0.29) is 11.9 Å². The molecule has 2 aromatic rings. The van der Waals surface area contributed by atoms with Crippen LogP contribution in [0.4, 0.5) is 0 Å². The van der Waals surface area contributed by atoms with Gasteiger partial charge in [0.1, 0.15) is 0 Å². The third-order valence-corrected chi connectivity index (χ3v) is 4.07. The number of carbonyl (C=O) groups excluding carboxylic acids is 1. The third kappa shape index (κ3) is 2.63. The van der Waals surface area contributed by atoms with E-state index in [0.717, 1.165) is 35.1 Å². The summed E-state index contributed by atoms with van der Waals surface area (Å²) in [6.07, 6.45) is 0.881. The van der Waals surface area contributed by atoms with Crippen molar-refractivity contribution in [3.8, 4) is 0 Å². The first-order chi connectivity index (χ1) is 10.1. The quantitative estimate of drug-likeness (QED) is 0.921. The molecule has 1 atom stereocenters. The minimum Gasteiger partial charge on any atom is -0.337 e. The van der Waals surface area contributed by atoms with E-state index in [2.05, 4.69) is 18.8 Å². The molecule has 0 bridgehead atoms. The fourth-order valence-electron chi connectivity index (χ4n) is 2.81. The van der Waals surface area contributed by atoms with Crippen LogP contribution in [0.15, 0.2) is 30.3 Å². The first-order valence-electron chi connectivity index (χ1n) is 7.51. The lowest BCUT2D eigenvalue weighted by molar-refractivity contribution is 0.0792. The van der Waals surface area contributed by atoms with Crippen LogP contribution < -0.4 is 5.73 Å². The zero-order valence-corrected chi connectivity index (χ0v) is 12.5. The highest BCUT2D eigenvalue weighted by atomic mass is 16.2. The molecule has 1 aliphatic rings. The summed E-state index contributed by atoms with van der Waals surface area (Å²) >= 11 is 0. The van der Waals surface area contributed by atoms with Gasteiger partial charge in [-0.2, -0.15) is 0 Å². The zero-order valence-electron chi connectivity index (χ0n) is 12.5. The fourth-order valence-corrected chi connectivity index (χ4v) is 2.81. The maximum Gasteiger partial charge on any atom is 0.254 e. The van der Waals surface area contributed by atoms with E-state index >= 15 is 0 Å². The molecule has 2 heterocycles. The van der Waals surface area contributed by atoms with Crippen LogP contribution in [0.1, 0.15) is 42.2 Å². The molecule has 1 saturated heterocycles. The van der Waals surface area contributed by atoms with Crippen LogP contribution in [0, 0.1) is 0 Å². The first-order valence-corrected chi connectivity index (χ1v) is 7.51. The molecule has 110 valence electrons. The van der Waals surface area contributed by atoms with Gasteiger partial charge in [0.25, 0.3) is 5.91 Å². The van der Waals surface area contributed by atoms with Gasteiger partial charge < -0.3 is 10.6 Å². The third-order valence-electron chi connectivity index (χ3n) is 4.07. The number of pyridine rings is 1. The van der Waals surface area contributed by atoms with E-state index in [9.17, 15) is 4.79 Å². The summed E-state index contributed by atoms with van der Waals surface area (Å²) in [4.78, 5) is 19.3. The van der Waals surface area contributed by atoms with Crippen molar-refractivity contribution in [1.29, 1.82) is 0 Å². The Hall–Kier alpha value is -1.94. The summed E-state index contributed by atoms with van der Waals surface area (Å²) in [5, 5.41) is 0.923. The predicted octanol–water partition coefficient (Wildman–Crippen LogP) is 2.53. The number of carbonyl (C=O) groups is 1. The normalized spacial score (nSPS) is 18.7. The maximum absolute atomic E-state index is 12.8. The minimum absolute atomic E-state index is 0.0726. The van der Waals surface area contributed by atoms with Gasteiger partial charge in [-0.15, -0.1) is 0 Å². The minimum atomic E-state index is 0.0726. The number of aromatic nitrogens is 1. The van der Waals surface area contributed by atoms with Crippen molar-refractivity contribution in [3.05, 3.63) is 41.6 Å². The highest BCUT2D eigenvalue weighted by molar-refractivity contribution is 6.06. The first kappa shape index (κ1) is 14.0. The lowest BCUT2D eigenvalue weighted by Crippen LogP contribution is -2.32. The molecular formula is C17H21N3O. The smallest absolute Gasteiger partial charge is 0.254 e. The van der Waals surface area contributed by atoms with Crippen molar-refractivity contribution in [1.82, 2.24) is 9.88 Å². The Morgan fingerprint density at radius 1 is 1.38 bits per heavy atom. The van der Waals surface area contributed by atoms with Crippen molar-refractivity contribution in [3.63, 3.8) is 0 Å². The average molecular weight is 283 g/mol. The molecule has 1 fully saturated rings. The Morgan fingerprint density at radius 3 is 2.81 bits per heavy atom. The number of amides is 1. The molecule has 4 heteroatoms. The van der Waals surface area contributed by atoms with Gasteiger partial charge in [-0.3, -0.25) is 9.78 Å². The molecule has 0 unspecified atom stereocenters. The second-order valence-electron chi connectivity index (χ2n) is 6.07. The highest BCUT2D eigenvalue weighted by Crippen LogP contribution is 2.24. The number of rotatable bonds is 2. The van der Waals surface area contributed by atoms with E-state index < -0.39 is 0 Å². The molecule has 0 saturated carbocycles. The average Bonchev–Trinajstić information content (AvgIpc) is 2.92. The van der Waals surface area contributed by atoms with Gasteiger partial charge >= 0.3 is 0 Å². The number of nitrogens with zero attached hydrogens (tertiary/aromatic N) is 2. The predicted molar refractivity (Wildman–Crippen MR) is 84.3 cm³/mol. The lowest BCUT2D eigenvalue weighted by atomic mass is 10.0. The van der Waals surface area contributed by atoms with Gasteiger partial charge in [-0.1, -0.05) is 32.0 Å². The molecule has 0 radical (unpaired) electrons. The number of para-hydroxylation sites is 1. The molecule has 1 amide bonds. The Kier molecular flexibility index (Phi) is 3.64. The molecule has 0 aliphatic carbocycles. The van der Waals surface area contributed by atoms with Crippen LogP contribution >= 0.6 is 0 Å². The van der Waals surface area contributed by atoms with Gasteiger partial charge in [-0.05, 0) is 24.5 Å². The summed E-state index contributed by atoms with van der Waals surface area (Å²) in [5.41, 5.74) is 8.52. The van der Waals surface area contributed by atoms with Crippen LogP contribution in [0.25, 0.3) is 10.9 Å². The molecular weight excluding hydrogens is 262 g/mol. The van der Waals surface area contributed by atoms with E-state index in [4.69, 9.17) is 5.73 Å². The number of benzene rings is 1.